The van der Waals surface area contributed by atoms with Crippen LogP contribution >= 0.6 is 0 Å². The van der Waals surface area contributed by atoms with Gasteiger partial charge in [0.15, 0.2) is 17.5 Å². The number of benzene rings is 1. The summed E-state index contributed by atoms with van der Waals surface area (Å²) in [4.78, 5) is 6.87. The summed E-state index contributed by atoms with van der Waals surface area (Å²) in [6.45, 7) is 11.1. The molecule has 1 fully saturated rings. The number of nitrogens with one attached hydrogen (secondary N) is 1. The van der Waals surface area contributed by atoms with Crippen molar-refractivity contribution in [1.82, 2.24) is 10.2 Å². The van der Waals surface area contributed by atoms with E-state index in [-0.39, 0.29) is 5.41 Å². The molecular formula is C20H31N3O2. The van der Waals surface area contributed by atoms with Gasteiger partial charge in [0, 0.05) is 32.1 Å². The molecule has 5 nitrogen and oxygen atoms in total. The number of fused-ring (bicyclic) bond motifs is 1. The first-order valence-electron chi connectivity index (χ1n) is 9.35. The van der Waals surface area contributed by atoms with Crippen LogP contribution in [0.25, 0.3) is 0 Å². The molecule has 1 saturated heterocycles. The van der Waals surface area contributed by atoms with E-state index in [1.165, 1.54) is 18.4 Å². The summed E-state index contributed by atoms with van der Waals surface area (Å²) in [6, 6.07) is 6.27. The lowest BCUT2D eigenvalue weighted by atomic mass is 9.84. The molecule has 2 aliphatic rings. The topological polar surface area (TPSA) is 46.1 Å². The molecule has 25 heavy (non-hydrogen) atoms. The summed E-state index contributed by atoms with van der Waals surface area (Å²) in [7, 11) is 1.87. The van der Waals surface area contributed by atoms with Crippen LogP contribution in [-0.4, -0.2) is 50.8 Å². The quantitative estimate of drug-likeness (QED) is 0.676. The molecule has 5 heteroatoms. The van der Waals surface area contributed by atoms with Crippen LogP contribution in [0.4, 0.5) is 0 Å². The van der Waals surface area contributed by atoms with E-state index in [1.54, 1.807) is 0 Å². The standard InChI is InChI=1S/C20H31N3O2/c1-15-7-9-23(10-8-15)19(21-4)22-14-20(2,3)16-5-6-17-18(13-16)25-12-11-24-17/h5-6,13,15H,7-12,14H2,1-4H3,(H,21,22). The molecule has 0 aliphatic carbocycles. The van der Waals surface area contributed by atoms with Crippen molar-refractivity contribution in [3.05, 3.63) is 23.8 Å². The average molecular weight is 345 g/mol. The molecule has 2 aliphatic heterocycles. The maximum atomic E-state index is 5.73. The van der Waals surface area contributed by atoms with E-state index >= 15 is 0 Å². The van der Waals surface area contributed by atoms with Gasteiger partial charge in [-0.3, -0.25) is 4.99 Å². The van der Waals surface area contributed by atoms with Crippen LogP contribution in [0.15, 0.2) is 23.2 Å². The van der Waals surface area contributed by atoms with E-state index < -0.39 is 0 Å². The number of rotatable bonds is 3. The van der Waals surface area contributed by atoms with Crippen molar-refractivity contribution in [3.63, 3.8) is 0 Å². The molecule has 1 aromatic rings. The molecule has 0 spiro atoms. The average Bonchev–Trinajstić information content (AvgIpc) is 2.63. The van der Waals surface area contributed by atoms with Gasteiger partial charge < -0.3 is 19.7 Å². The fourth-order valence-electron chi connectivity index (χ4n) is 3.42. The van der Waals surface area contributed by atoms with Crippen molar-refractivity contribution in [2.75, 3.05) is 39.9 Å². The zero-order valence-corrected chi connectivity index (χ0v) is 16.0. The first-order valence-corrected chi connectivity index (χ1v) is 9.35. The molecule has 0 atom stereocenters. The number of ether oxygens (including phenoxy) is 2. The van der Waals surface area contributed by atoms with Crippen LogP contribution in [0.2, 0.25) is 0 Å². The van der Waals surface area contributed by atoms with E-state index in [9.17, 15) is 0 Å². The van der Waals surface area contributed by atoms with Crippen molar-refractivity contribution < 1.29 is 9.47 Å². The van der Waals surface area contributed by atoms with Gasteiger partial charge in [-0.05, 0) is 36.5 Å². The number of hydrogen-bond donors (Lipinski definition) is 1. The van der Waals surface area contributed by atoms with Gasteiger partial charge in [-0.15, -0.1) is 0 Å². The highest BCUT2D eigenvalue weighted by Crippen LogP contribution is 2.35. The minimum absolute atomic E-state index is 0.0329. The minimum Gasteiger partial charge on any atom is -0.486 e. The maximum Gasteiger partial charge on any atom is 0.193 e. The highest BCUT2D eigenvalue weighted by atomic mass is 16.6. The second kappa shape index (κ2) is 7.54. The molecule has 2 heterocycles. The normalized spacial score (nSPS) is 19.0. The maximum absolute atomic E-state index is 5.73. The summed E-state index contributed by atoms with van der Waals surface area (Å²) in [5.41, 5.74) is 1.21. The van der Waals surface area contributed by atoms with Gasteiger partial charge in [-0.1, -0.05) is 26.8 Å². The Balaban J connectivity index is 1.64. The van der Waals surface area contributed by atoms with Gasteiger partial charge in [0.05, 0.1) is 0 Å². The highest BCUT2D eigenvalue weighted by molar-refractivity contribution is 5.80. The van der Waals surface area contributed by atoms with Gasteiger partial charge >= 0.3 is 0 Å². The van der Waals surface area contributed by atoms with Crippen molar-refractivity contribution in [2.45, 2.75) is 39.0 Å². The van der Waals surface area contributed by atoms with Crippen molar-refractivity contribution in [1.29, 1.82) is 0 Å². The number of guanidine groups is 1. The number of likely N-dealkylation sites (tertiary alicyclic amines) is 1. The van der Waals surface area contributed by atoms with E-state index in [4.69, 9.17) is 9.47 Å². The van der Waals surface area contributed by atoms with Gasteiger partial charge in [-0.25, -0.2) is 0 Å². The molecule has 1 N–H and O–H groups in total. The molecule has 0 amide bonds. The largest absolute Gasteiger partial charge is 0.486 e. The first kappa shape index (κ1) is 17.9. The highest BCUT2D eigenvalue weighted by Gasteiger charge is 2.25. The summed E-state index contributed by atoms with van der Waals surface area (Å²) < 4.78 is 11.4. The molecule has 0 radical (unpaired) electrons. The van der Waals surface area contributed by atoms with E-state index in [1.807, 2.05) is 13.1 Å². The molecule has 0 bridgehead atoms. The predicted octanol–water partition coefficient (Wildman–Crippen LogP) is 3.04. The van der Waals surface area contributed by atoms with Crippen molar-refractivity contribution in [3.8, 4) is 11.5 Å². The van der Waals surface area contributed by atoms with Crippen LogP contribution in [0.5, 0.6) is 11.5 Å². The van der Waals surface area contributed by atoms with Gasteiger partial charge in [0.25, 0.3) is 0 Å². The third-order valence-electron chi connectivity index (χ3n) is 5.31. The van der Waals surface area contributed by atoms with Crippen LogP contribution < -0.4 is 14.8 Å². The lowest BCUT2D eigenvalue weighted by Crippen LogP contribution is -2.48. The molecule has 0 unspecified atom stereocenters. The zero-order valence-electron chi connectivity index (χ0n) is 16.0. The Kier molecular flexibility index (Phi) is 5.40. The second-order valence-electron chi connectivity index (χ2n) is 7.81. The van der Waals surface area contributed by atoms with Crippen LogP contribution in [0, 0.1) is 5.92 Å². The third-order valence-corrected chi connectivity index (χ3v) is 5.31. The number of nitrogens with zero attached hydrogens (tertiary/aromatic N) is 2. The van der Waals surface area contributed by atoms with E-state index in [0.29, 0.717) is 13.2 Å². The van der Waals surface area contributed by atoms with Gasteiger partial charge in [0.1, 0.15) is 13.2 Å². The molecule has 1 aromatic carbocycles. The zero-order chi connectivity index (χ0) is 17.9. The smallest absolute Gasteiger partial charge is 0.193 e. The predicted molar refractivity (Wildman–Crippen MR) is 102 cm³/mol. The fraction of sp³-hybridized carbons (Fsp3) is 0.650. The third kappa shape index (κ3) is 4.20. The Labute approximate surface area is 151 Å². The molecule has 0 aromatic heterocycles. The lowest BCUT2D eigenvalue weighted by Gasteiger charge is -2.35. The van der Waals surface area contributed by atoms with E-state index in [0.717, 1.165) is 43.0 Å². The summed E-state index contributed by atoms with van der Waals surface area (Å²) in [5.74, 6) is 3.53. The summed E-state index contributed by atoms with van der Waals surface area (Å²) in [5, 5.41) is 3.58. The second-order valence-corrected chi connectivity index (χ2v) is 7.81. The van der Waals surface area contributed by atoms with Crippen molar-refractivity contribution in [2.24, 2.45) is 10.9 Å². The van der Waals surface area contributed by atoms with Crippen LogP contribution in [-0.2, 0) is 5.41 Å². The van der Waals surface area contributed by atoms with Crippen LogP contribution in [0.3, 0.4) is 0 Å². The van der Waals surface area contributed by atoms with E-state index in [2.05, 4.69) is 48.1 Å². The monoisotopic (exact) mass is 345 g/mol. The summed E-state index contributed by atoms with van der Waals surface area (Å²) in [6.07, 6.45) is 2.48. The molecular weight excluding hydrogens is 314 g/mol. The molecule has 3 rings (SSSR count). The van der Waals surface area contributed by atoms with Crippen molar-refractivity contribution >= 4 is 5.96 Å². The van der Waals surface area contributed by atoms with Gasteiger partial charge in [0.2, 0.25) is 0 Å². The Hall–Kier alpha value is -1.91. The lowest BCUT2D eigenvalue weighted by molar-refractivity contribution is 0.171. The Morgan fingerprint density at radius 2 is 1.88 bits per heavy atom. The summed E-state index contributed by atoms with van der Waals surface area (Å²) >= 11 is 0. The first-order chi connectivity index (χ1) is 12.0. The SMILES string of the molecule is CN=C(NCC(C)(C)c1ccc2c(c1)OCCO2)N1CCC(C)CC1. The number of piperidine rings is 1. The Morgan fingerprint density at radius 3 is 2.56 bits per heavy atom. The number of hydrogen-bond acceptors (Lipinski definition) is 3. The Bertz CT molecular complexity index is 619. The fourth-order valence-corrected chi connectivity index (χ4v) is 3.42. The van der Waals surface area contributed by atoms with Crippen LogP contribution in [0.1, 0.15) is 39.2 Å². The molecule has 0 saturated carbocycles. The molecule has 138 valence electrons. The minimum atomic E-state index is -0.0329. The van der Waals surface area contributed by atoms with Gasteiger partial charge in [-0.2, -0.15) is 0 Å². The number of aliphatic imine (C=N–C) groups is 1. The Morgan fingerprint density at radius 1 is 1.20 bits per heavy atom.